The molecule has 0 spiro atoms. The van der Waals surface area contributed by atoms with Gasteiger partial charge in [-0.15, -0.1) is 0 Å². The lowest BCUT2D eigenvalue weighted by Gasteiger charge is -2.06. The average Bonchev–Trinajstić information content (AvgIpc) is 2.73. The molecule has 0 saturated heterocycles. The van der Waals surface area contributed by atoms with Crippen LogP contribution in [0.1, 0.15) is 28.9 Å². The topological polar surface area (TPSA) is 29.9 Å². The first-order chi connectivity index (χ1) is 9.72. The van der Waals surface area contributed by atoms with Crippen molar-refractivity contribution in [3.8, 4) is 0 Å². The lowest BCUT2D eigenvalue weighted by Crippen LogP contribution is -2.11. The molecule has 0 saturated carbocycles. The summed E-state index contributed by atoms with van der Waals surface area (Å²) in [4.78, 5) is 0. The number of nitrogens with one attached hydrogen (secondary N) is 1. The van der Waals surface area contributed by atoms with Crippen LogP contribution < -0.4 is 5.32 Å². The Morgan fingerprint density at radius 3 is 2.55 bits per heavy atom. The van der Waals surface area contributed by atoms with Gasteiger partial charge in [-0.25, -0.2) is 0 Å². The van der Waals surface area contributed by atoms with E-state index < -0.39 is 0 Å². The molecule has 20 heavy (non-hydrogen) atoms. The fraction of sp³-hybridized carbons (Fsp3) is 0.471. The van der Waals surface area contributed by atoms with Gasteiger partial charge in [-0.05, 0) is 57.8 Å². The third-order valence-electron chi connectivity index (χ3n) is 3.83. The third-order valence-corrected chi connectivity index (χ3v) is 3.83. The number of likely N-dealkylation sites (N-methyl/N-ethyl adjacent to an activating group) is 1. The highest BCUT2D eigenvalue weighted by Crippen LogP contribution is 2.14. The van der Waals surface area contributed by atoms with E-state index in [1.807, 2.05) is 7.05 Å². The highest BCUT2D eigenvalue weighted by atomic mass is 15.3. The second-order valence-corrected chi connectivity index (χ2v) is 5.32. The number of aromatic nitrogens is 2. The van der Waals surface area contributed by atoms with Crippen molar-refractivity contribution >= 4 is 0 Å². The van der Waals surface area contributed by atoms with Crippen LogP contribution in [0, 0.1) is 13.8 Å². The molecule has 0 amide bonds. The van der Waals surface area contributed by atoms with Crippen molar-refractivity contribution < 1.29 is 0 Å². The van der Waals surface area contributed by atoms with E-state index in [1.54, 1.807) is 0 Å². The lowest BCUT2D eigenvalue weighted by molar-refractivity contribution is 0.561. The van der Waals surface area contributed by atoms with Gasteiger partial charge in [0.2, 0.25) is 0 Å². The van der Waals surface area contributed by atoms with Crippen molar-refractivity contribution in [3.05, 3.63) is 52.8 Å². The summed E-state index contributed by atoms with van der Waals surface area (Å²) < 4.78 is 2.17. The van der Waals surface area contributed by atoms with Crippen molar-refractivity contribution in [2.45, 2.75) is 39.7 Å². The van der Waals surface area contributed by atoms with Crippen molar-refractivity contribution in [3.63, 3.8) is 0 Å². The summed E-state index contributed by atoms with van der Waals surface area (Å²) in [5.74, 6) is 0. The number of hydrogen-bond donors (Lipinski definition) is 1. The molecule has 1 aromatic carbocycles. The summed E-state index contributed by atoms with van der Waals surface area (Å²) in [6.07, 6.45) is 3.31. The lowest BCUT2D eigenvalue weighted by atomic mass is 10.1. The smallest absolute Gasteiger partial charge is 0.0628 e. The van der Waals surface area contributed by atoms with Crippen LogP contribution in [0.3, 0.4) is 0 Å². The first kappa shape index (κ1) is 14.8. The SMILES string of the molecule is CNCCc1c(C)nn(CCCc2ccccc2)c1C. The Bertz CT molecular complexity index is 529. The van der Waals surface area contributed by atoms with Gasteiger partial charge < -0.3 is 5.32 Å². The molecule has 0 aliphatic rings. The zero-order valence-electron chi connectivity index (χ0n) is 12.8. The van der Waals surface area contributed by atoms with Gasteiger partial charge in [0.05, 0.1) is 5.69 Å². The van der Waals surface area contributed by atoms with E-state index in [1.165, 1.54) is 22.5 Å². The minimum Gasteiger partial charge on any atom is -0.319 e. The second kappa shape index (κ2) is 7.25. The molecule has 108 valence electrons. The van der Waals surface area contributed by atoms with Crippen molar-refractivity contribution in [2.24, 2.45) is 0 Å². The maximum absolute atomic E-state index is 4.68. The number of benzene rings is 1. The first-order valence-electron chi connectivity index (χ1n) is 7.43. The fourth-order valence-corrected chi connectivity index (χ4v) is 2.64. The first-order valence-corrected chi connectivity index (χ1v) is 7.43. The van der Waals surface area contributed by atoms with Crippen LogP contribution in [0.4, 0.5) is 0 Å². The molecular formula is C17H25N3. The van der Waals surface area contributed by atoms with E-state index in [9.17, 15) is 0 Å². The molecule has 0 atom stereocenters. The maximum Gasteiger partial charge on any atom is 0.0628 e. The molecule has 0 aliphatic carbocycles. The van der Waals surface area contributed by atoms with Crippen LogP contribution >= 0.6 is 0 Å². The zero-order chi connectivity index (χ0) is 14.4. The monoisotopic (exact) mass is 271 g/mol. The van der Waals surface area contributed by atoms with Gasteiger partial charge in [0.25, 0.3) is 0 Å². The van der Waals surface area contributed by atoms with E-state index in [-0.39, 0.29) is 0 Å². The molecule has 1 heterocycles. The molecule has 0 fully saturated rings. The van der Waals surface area contributed by atoms with E-state index in [2.05, 4.69) is 59.3 Å². The van der Waals surface area contributed by atoms with Crippen LogP contribution in [0.25, 0.3) is 0 Å². The van der Waals surface area contributed by atoms with Crippen LogP contribution in [-0.4, -0.2) is 23.4 Å². The molecule has 0 unspecified atom stereocenters. The summed E-state index contributed by atoms with van der Waals surface area (Å²) in [5, 5.41) is 7.89. The maximum atomic E-state index is 4.68. The Morgan fingerprint density at radius 1 is 1.10 bits per heavy atom. The molecule has 0 aliphatic heterocycles. The average molecular weight is 271 g/mol. The highest BCUT2D eigenvalue weighted by Gasteiger charge is 2.10. The molecule has 1 aromatic heterocycles. The van der Waals surface area contributed by atoms with Gasteiger partial charge in [-0.2, -0.15) is 5.10 Å². The van der Waals surface area contributed by atoms with Gasteiger partial charge in [-0.1, -0.05) is 30.3 Å². The van der Waals surface area contributed by atoms with Gasteiger partial charge in [-0.3, -0.25) is 4.68 Å². The van der Waals surface area contributed by atoms with Crippen LogP contribution in [0.15, 0.2) is 30.3 Å². The Balaban J connectivity index is 1.93. The van der Waals surface area contributed by atoms with Crippen molar-refractivity contribution in [1.29, 1.82) is 0 Å². The van der Waals surface area contributed by atoms with E-state index >= 15 is 0 Å². The Morgan fingerprint density at radius 2 is 1.85 bits per heavy atom. The van der Waals surface area contributed by atoms with E-state index in [0.29, 0.717) is 0 Å². The molecule has 0 radical (unpaired) electrons. The predicted octanol–water partition coefficient (Wildman–Crippen LogP) is 2.89. The third kappa shape index (κ3) is 3.70. The second-order valence-electron chi connectivity index (χ2n) is 5.32. The minimum atomic E-state index is 1.00. The number of nitrogens with zero attached hydrogens (tertiary/aromatic N) is 2. The Hall–Kier alpha value is -1.61. The summed E-state index contributed by atoms with van der Waals surface area (Å²) in [5.41, 5.74) is 5.31. The molecular weight excluding hydrogens is 246 g/mol. The molecule has 0 bridgehead atoms. The summed E-state index contributed by atoms with van der Waals surface area (Å²) in [6.45, 7) is 6.32. The summed E-state index contributed by atoms with van der Waals surface area (Å²) in [6, 6.07) is 10.7. The van der Waals surface area contributed by atoms with Gasteiger partial charge in [0.1, 0.15) is 0 Å². The zero-order valence-corrected chi connectivity index (χ0v) is 12.8. The largest absolute Gasteiger partial charge is 0.319 e. The molecule has 2 aromatic rings. The van der Waals surface area contributed by atoms with E-state index in [4.69, 9.17) is 0 Å². The normalized spacial score (nSPS) is 10.9. The molecule has 3 heteroatoms. The summed E-state index contributed by atoms with van der Waals surface area (Å²) in [7, 11) is 1.99. The van der Waals surface area contributed by atoms with Crippen LogP contribution in [0.5, 0.6) is 0 Å². The standard InChI is InChI=1S/C17H25N3/c1-14-17(11-12-18-3)15(2)20(19-14)13-7-10-16-8-5-4-6-9-16/h4-6,8-9,18H,7,10-13H2,1-3H3. The predicted molar refractivity (Wildman–Crippen MR) is 84.1 cm³/mol. The molecule has 2 rings (SSSR count). The Labute approximate surface area is 122 Å². The number of rotatable bonds is 7. The minimum absolute atomic E-state index is 1.00. The van der Waals surface area contributed by atoms with Crippen LogP contribution in [0.2, 0.25) is 0 Å². The molecule has 1 N–H and O–H groups in total. The van der Waals surface area contributed by atoms with Gasteiger partial charge in [0, 0.05) is 12.2 Å². The quantitative estimate of drug-likeness (QED) is 0.839. The highest BCUT2D eigenvalue weighted by molar-refractivity contribution is 5.25. The Kier molecular flexibility index (Phi) is 5.36. The van der Waals surface area contributed by atoms with Gasteiger partial charge in [0.15, 0.2) is 0 Å². The summed E-state index contributed by atoms with van der Waals surface area (Å²) >= 11 is 0. The van der Waals surface area contributed by atoms with Crippen molar-refractivity contribution in [1.82, 2.24) is 15.1 Å². The number of aryl methyl sites for hydroxylation is 3. The van der Waals surface area contributed by atoms with Gasteiger partial charge >= 0.3 is 0 Å². The fourth-order valence-electron chi connectivity index (χ4n) is 2.64. The number of hydrogen-bond acceptors (Lipinski definition) is 2. The van der Waals surface area contributed by atoms with E-state index in [0.717, 1.165) is 32.4 Å². The molecule has 3 nitrogen and oxygen atoms in total. The van der Waals surface area contributed by atoms with Crippen molar-refractivity contribution in [2.75, 3.05) is 13.6 Å². The van der Waals surface area contributed by atoms with Crippen LogP contribution in [-0.2, 0) is 19.4 Å².